The molecule has 4 rings (SSSR count). The number of carboxylic acid groups (broad SMARTS) is 2. The predicted molar refractivity (Wildman–Crippen MR) is 150 cm³/mol. The molecule has 37 heavy (non-hydrogen) atoms. The Labute approximate surface area is 228 Å². The fourth-order valence-corrected chi connectivity index (χ4v) is 6.47. The van der Waals surface area contributed by atoms with Gasteiger partial charge in [-0.05, 0) is 48.2 Å². The number of aromatic carboxylic acids is 1. The molecule has 0 radical (unpaired) electrons. The molecule has 0 amide bonds. The second kappa shape index (κ2) is 12.6. The summed E-state index contributed by atoms with van der Waals surface area (Å²) >= 11 is 9.27. The Balaban J connectivity index is 1.36. The van der Waals surface area contributed by atoms with Gasteiger partial charge in [-0.3, -0.25) is 4.31 Å². The second-order valence-corrected chi connectivity index (χ2v) is 11.0. The third kappa shape index (κ3) is 7.10. The van der Waals surface area contributed by atoms with Crippen LogP contribution in [0, 0.1) is 0 Å². The maximum absolute atomic E-state index is 11.7. The minimum absolute atomic E-state index is 0.103. The molecule has 0 atom stereocenters. The lowest BCUT2D eigenvalue weighted by molar-refractivity contribution is -0.139. The molecule has 4 N–H and O–H groups in total. The van der Waals surface area contributed by atoms with Gasteiger partial charge >= 0.3 is 11.9 Å². The van der Waals surface area contributed by atoms with E-state index in [0.29, 0.717) is 10.9 Å². The molecule has 1 aromatic heterocycles. The van der Waals surface area contributed by atoms with E-state index in [0.717, 1.165) is 60.0 Å². The third-order valence-electron chi connectivity index (χ3n) is 5.92. The monoisotopic (exact) mass is 561 g/mol. The molecular formula is C26H28ClN3O5S2. The summed E-state index contributed by atoms with van der Waals surface area (Å²) in [4.78, 5) is 23.0. The number of anilines is 2. The van der Waals surface area contributed by atoms with Crippen LogP contribution >= 0.6 is 34.9 Å². The lowest BCUT2D eigenvalue weighted by atomic mass is 10.1. The van der Waals surface area contributed by atoms with Crippen LogP contribution in [0.1, 0.15) is 28.1 Å². The lowest BCUT2D eigenvalue weighted by Gasteiger charge is -2.32. The van der Waals surface area contributed by atoms with Gasteiger partial charge in [0.1, 0.15) is 5.02 Å². The summed E-state index contributed by atoms with van der Waals surface area (Å²) < 4.78 is 7.60. The van der Waals surface area contributed by atoms with E-state index in [9.17, 15) is 14.7 Å². The molecule has 1 aliphatic heterocycles. The van der Waals surface area contributed by atoms with Crippen LogP contribution in [0.3, 0.4) is 0 Å². The van der Waals surface area contributed by atoms with Gasteiger partial charge in [-0.25, -0.2) is 9.59 Å². The molecule has 0 spiro atoms. The van der Waals surface area contributed by atoms with Crippen molar-refractivity contribution < 1.29 is 24.5 Å². The van der Waals surface area contributed by atoms with Crippen LogP contribution in [0.2, 0.25) is 5.02 Å². The van der Waals surface area contributed by atoms with Gasteiger partial charge < -0.3 is 25.6 Å². The number of nitrogens with one attached hydrogen (secondary N) is 2. The van der Waals surface area contributed by atoms with Crippen LogP contribution in [0.25, 0.3) is 10.4 Å². The van der Waals surface area contributed by atoms with Gasteiger partial charge in [0, 0.05) is 43.3 Å². The van der Waals surface area contributed by atoms with Gasteiger partial charge in [0.15, 0.2) is 17.2 Å². The number of carbonyl (C=O) groups is 2. The van der Waals surface area contributed by atoms with Crippen molar-refractivity contribution in [3.63, 3.8) is 0 Å². The molecule has 1 saturated heterocycles. The molecular weight excluding hydrogens is 534 g/mol. The number of rotatable bonds is 11. The first kappa shape index (κ1) is 27.1. The first-order chi connectivity index (χ1) is 17.8. The highest BCUT2D eigenvalue weighted by Gasteiger charge is 2.25. The van der Waals surface area contributed by atoms with Gasteiger partial charge in [0.05, 0.1) is 4.88 Å². The Hall–Kier alpha value is -2.92. The molecule has 2 aromatic carbocycles. The normalized spacial score (nSPS) is 14.3. The van der Waals surface area contributed by atoms with E-state index in [1.807, 2.05) is 43.3 Å². The summed E-state index contributed by atoms with van der Waals surface area (Å²) in [5, 5.41) is 25.3. The van der Waals surface area contributed by atoms with Crippen molar-refractivity contribution in [2.75, 3.05) is 37.4 Å². The smallest absolute Gasteiger partial charge is 0.349 e. The minimum Gasteiger partial charge on any atom is -0.479 e. The molecule has 2 heterocycles. The lowest BCUT2D eigenvalue weighted by Crippen LogP contribution is -2.35. The maximum atomic E-state index is 11.7. The fourth-order valence-electron chi connectivity index (χ4n) is 4.08. The van der Waals surface area contributed by atoms with Gasteiger partial charge in [-0.15, -0.1) is 11.3 Å². The van der Waals surface area contributed by atoms with Crippen molar-refractivity contribution in [1.29, 1.82) is 0 Å². The van der Waals surface area contributed by atoms with Crippen molar-refractivity contribution in [2.24, 2.45) is 0 Å². The summed E-state index contributed by atoms with van der Waals surface area (Å²) in [6.45, 7) is 1.30. The van der Waals surface area contributed by atoms with Crippen molar-refractivity contribution >= 4 is 58.2 Å². The summed E-state index contributed by atoms with van der Waals surface area (Å²) in [5.41, 5.74) is 4.07. The van der Waals surface area contributed by atoms with E-state index in [-0.39, 0.29) is 15.6 Å². The summed E-state index contributed by atoms with van der Waals surface area (Å²) in [7, 11) is 1.93. The first-order valence-corrected chi connectivity index (χ1v) is 13.9. The average molecular weight is 562 g/mol. The van der Waals surface area contributed by atoms with Gasteiger partial charge in [-0.1, -0.05) is 47.8 Å². The zero-order chi connectivity index (χ0) is 26.4. The number of aliphatic carboxylic acids is 1. The minimum atomic E-state index is -1.22. The van der Waals surface area contributed by atoms with E-state index in [1.165, 1.54) is 5.56 Å². The number of halogens is 1. The number of piperidine rings is 1. The predicted octanol–water partition coefficient (Wildman–Crippen LogP) is 6.00. The Bertz CT molecular complexity index is 1260. The van der Waals surface area contributed by atoms with Crippen LogP contribution in [-0.2, 0) is 10.5 Å². The Morgan fingerprint density at radius 2 is 1.86 bits per heavy atom. The highest BCUT2D eigenvalue weighted by atomic mass is 35.5. The molecule has 0 bridgehead atoms. The topological polar surface area (TPSA) is 111 Å². The maximum Gasteiger partial charge on any atom is 0.349 e. The average Bonchev–Trinajstić information content (AvgIpc) is 3.23. The van der Waals surface area contributed by atoms with E-state index in [1.54, 1.807) is 0 Å². The number of ether oxygens (including phenoxy) is 1. The Kier molecular flexibility index (Phi) is 9.20. The number of benzene rings is 2. The molecule has 0 saturated carbocycles. The number of thiophene rings is 1. The van der Waals surface area contributed by atoms with Gasteiger partial charge in [-0.2, -0.15) is 0 Å². The zero-order valence-corrected chi connectivity index (χ0v) is 22.6. The summed E-state index contributed by atoms with van der Waals surface area (Å²) in [5.74, 6) is -1.60. The molecule has 0 unspecified atom stereocenters. The standard InChI is InChI=1S/C26H28ClN3O5S2/c1-28-19-6-2-4-16(12-19)15-36-30-10-8-18(9-11-30)29-20-7-3-5-17(13-20)24-22(27)23(35-14-21(31)32)25(37-24)26(33)34/h2-7,12-13,18,28-29H,8-11,14-15H2,1H3,(H,31,32)(H,33,34). The van der Waals surface area contributed by atoms with Crippen LogP contribution in [0.4, 0.5) is 11.4 Å². The number of carboxylic acids is 2. The molecule has 8 nitrogen and oxygen atoms in total. The number of hydrogen-bond donors (Lipinski definition) is 4. The fraction of sp³-hybridized carbons (Fsp3) is 0.308. The second-order valence-electron chi connectivity index (χ2n) is 8.54. The van der Waals surface area contributed by atoms with E-state index >= 15 is 0 Å². The Morgan fingerprint density at radius 3 is 2.57 bits per heavy atom. The SMILES string of the molecule is CNc1cccc(CSN2CCC(Nc3cccc(-c4sc(C(=O)O)c(OCC(=O)O)c4Cl)c3)CC2)c1. The molecule has 196 valence electrons. The van der Waals surface area contributed by atoms with Crippen LogP contribution in [-0.4, -0.2) is 59.2 Å². The number of hydrogen-bond acceptors (Lipinski definition) is 8. The molecule has 0 aliphatic carbocycles. The first-order valence-electron chi connectivity index (χ1n) is 11.8. The van der Waals surface area contributed by atoms with Crippen molar-refractivity contribution in [2.45, 2.75) is 24.6 Å². The summed E-state index contributed by atoms with van der Waals surface area (Å²) in [6, 6.07) is 16.4. The van der Waals surface area contributed by atoms with Gasteiger partial charge in [0.25, 0.3) is 0 Å². The quantitative estimate of drug-likeness (QED) is 0.209. The molecule has 1 aliphatic rings. The largest absolute Gasteiger partial charge is 0.479 e. The van der Waals surface area contributed by atoms with Gasteiger partial charge in [0.2, 0.25) is 0 Å². The highest BCUT2D eigenvalue weighted by molar-refractivity contribution is 7.96. The van der Waals surface area contributed by atoms with E-state index in [2.05, 4.69) is 39.2 Å². The number of nitrogens with zero attached hydrogens (tertiary/aromatic N) is 1. The summed E-state index contributed by atoms with van der Waals surface area (Å²) in [6.07, 6.45) is 2.01. The van der Waals surface area contributed by atoms with Crippen LogP contribution in [0.5, 0.6) is 5.75 Å². The Morgan fingerprint density at radius 1 is 1.14 bits per heavy atom. The third-order valence-corrected chi connectivity index (χ3v) is 8.80. The molecule has 3 aromatic rings. The van der Waals surface area contributed by atoms with Crippen LogP contribution in [0.15, 0.2) is 48.5 Å². The zero-order valence-electron chi connectivity index (χ0n) is 20.2. The molecule has 1 fully saturated rings. The van der Waals surface area contributed by atoms with Crippen molar-refractivity contribution in [1.82, 2.24) is 4.31 Å². The van der Waals surface area contributed by atoms with Crippen LogP contribution < -0.4 is 15.4 Å². The van der Waals surface area contributed by atoms with Crippen molar-refractivity contribution in [3.8, 4) is 16.2 Å². The van der Waals surface area contributed by atoms with E-state index in [4.69, 9.17) is 21.4 Å². The molecule has 11 heteroatoms. The van der Waals surface area contributed by atoms with E-state index < -0.39 is 18.5 Å². The van der Waals surface area contributed by atoms with Crippen molar-refractivity contribution in [3.05, 3.63) is 64.0 Å². The highest BCUT2D eigenvalue weighted by Crippen LogP contribution is 2.46.